The minimum Gasteiger partial charge on any atom is -0.346 e. The molecule has 7 heteroatoms. The predicted octanol–water partition coefficient (Wildman–Crippen LogP) is 0.0870. The van der Waals surface area contributed by atoms with Gasteiger partial charge in [-0.2, -0.15) is 0 Å². The van der Waals surface area contributed by atoms with Gasteiger partial charge in [0.15, 0.2) is 5.13 Å². The number of thiazole rings is 1. The molecule has 0 unspecified atom stereocenters. The van der Waals surface area contributed by atoms with Gasteiger partial charge in [0.2, 0.25) is 5.91 Å². The minimum atomic E-state index is 0.304. The van der Waals surface area contributed by atoms with Gasteiger partial charge in [0.05, 0.1) is 0 Å². The summed E-state index contributed by atoms with van der Waals surface area (Å²) in [5, 5.41) is 6.42. The number of amides is 1. The van der Waals surface area contributed by atoms with Crippen LogP contribution in [0.1, 0.15) is 6.42 Å². The van der Waals surface area contributed by atoms with Crippen LogP contribution in [-0.4, -0.2) is 79.6 Å². The van der Waals surface area contributed by atoms with Crippen molar-refractivity contribution in [1.82, 2.24) is 20.1 Å². The standard InChI is InChI=1S/C14H23N5OS/c20-13(18-6-2-15-3-7-18)1-5-17-8-10-19(11-9-17)14-16-4-12-21-14/h4,12,15H,1-3,5-11H2. The third kappa shape index (κ3) is 3.93. The Morgan fingerprint density at radius 2 is 1.95 bits per heavy atom. The van der Waals surface area contributed by atoms with Gasteiger partial charge in [-0.3, -0.25) is 9.69 Å². The molecule has 6 nitrogen and oxygen atoms in total. The number of carbonyl (C=O) groups excluding carboxylic acids is 1. The highest BCUT2D eigenvalue weighted by atomic mass is 32.1. The van der Waals surface area contributed by atoms with Crippen molar-refractivity contribution in [3.05, 3.63) is 11.6 Å². The second kappa shape index (κ2) is 7.20. The molecular formula is C14H23N5OS. The highest BCUT2D eigenvalue weighted by Gasteiger charge is 2.21. The molecule has 0 aliphatic carbocycles. The molecule has 1 aromatic heterocycles. The van der Waals surface area contributed by atoms with Crippen LogP contribution in [0.2, 0.25) is 0 Å². The second-order valence-electron chi connectivity index (χ2n) is 5.52. The largest absolute Gasteiger partial charge is 0.346 e. The number of hydrogen-bond acceptors (Lipinski definition) is 6. The first-order valence-corrected chi connectivity index (χ1v) is 8.56. The van der Waals surface area contributed by atoms with Gasteiger partial charge in [0, 0.05) is 76.9 Å². The van der Waals surface area contributed by atoms with E-state index in [1.807, 2.05) is 16.5 Å². The van der Waals surface area contributed by atoms with Crippen molar-refractivity contribution in [1.29, 1.82) is 0 Å². The van der Waals surface area contributed by atoms with E-state index < -0.39 is 0 Å². The fourth-order valence-electron chi connectivity index (χ4n) is 2.86. The fraction of sp³-hybridized carbons (Fsp3) is 0.714. The highest BCUT2D eigenvalue weighted by molar-refractivity contribution is 7.13. The molecule has 1 aromatic rings. The molecule has 2 aliphatic rings. The Bertz CT molecular complexity index is 438. The molecule has 0 spiro atoms. The summed E-state index contributed by atoms with van der Waals surface area (Å²) in [5.74, 6) is 0.304. The Kier molecular flexibility index (Phi) is 5.05. The van der Waals surface area contributed by atoms with Crippen LogP contribution >= 0.6 is 11.3 Å². The Balaban J connectivity index is 1.38. The average molecular weight is 309 g/mol. The molecule has 21 heavy (non-hydrogen) atoms. The molecule has 0 radical (unpaired) electrons. The van der Waals surface area contributed by atoms with Crippen LogP contribution < -0.4 is 10.2 Å². The molecule has 116 valence electrons. The van der Waals surface area contributed by atoms with Crippen LogP contribution in [0.3, 0.4) is 0 Å². The van der Waals surface area contributed by atoms with Gasteiger partial charge in [-0.15, -0.1) is 11.3 Å². The van der Waals surface area contributed by atoms with Crippen LogP contribution in [0.25, 0.3) is 0 Å². The monoisotopic (exact) mass is 309 g/mol. The molecule has 2 fully saturated rings. The summed E-state index contributed by atoms with van der Waals surface area (Å²) in [6.45, 7) is 8.52. The lowest BCUT2D eigenvalue weighted by molar-refractivity contribution is -0.132. The number of nitrogens with one attached hydrogen (secondary N) is 1. The van der Waals surface area contributed by atoms with Crippen LogP contribution in [0.15, 0.2) is 11.6 Å². The maximum absolute atomic E-state index is 12.1. The van der Waals surface area contributed by atoms with Gasteiger partial charge in [-0.05, 0) is 0 Å². The van der Waals surface area contributed by atoms with E-state index in [9.17, 15) is 4.79 Å². The van der Waals surface area contributed by atoms with Crippen molar-refractivity contribution in [2.24, 2.45) is 0 Å². The molecule has 3 heterocycles. The third-order valence-electron chi connectivity index (χ3n) is 4.17. The number of anilines is 1. The van der Waals surface area contributed by atoms with Crippen LogP contribution in [0, 0.1) is 0 Å². The van der Waals surface area contributed by atoms with Gasteiger partial charge < -0.3 is 15.1 Å². The molecule has 3 rings (SSSR count). The van der Waals surface area contributed by atoms with Gasteiger partial charge >= 0.3 is 0 Å². The quantitative estimate of drug-likeness (QED) is 0.854. The van der Waals surface area contributed by atoms with Crippen LogP contribution in [-0.2, 0) is 4.79 Å². The summed E-state index contributed by atoms with van der Waals surface area (Å²) in [7, 11) is 0. The molecule has 1 N–H and O–H groups in total. The van der Waals surface area contributed by atoms with Crippen molar-refractivity contribution < 1.29 is 4.79 Å². The van der Waals surface area contributed by atoms with E-state index in [2.05, 4.69) is 20.1 Å². The summed E-state index contributed by atoms with van der Waals surface area (Å²) >= 11 is 1.70. The first-order valence-electron chi connectivity index (χ1n) is 7.68. The first kappa shape index (κ1) is 14.7. The Hall–Kier alpha value is -1.18. The summed E-state index contributed by atoms with van der Waals surface area (Å²) in [6, 6.07) is 0. The van der Waals surface area contributed by atoms with Gasteiger partial charge in [-0.25, -0.2) is 4.98 Å². The fourth-order valence-corrected chi connectivity index (χ4v) is 3.56. The van der Waals surface area contributed by atoms with Crippen molar-refractivity contribution >= 4 is 22.4 Å². The summed E-state index contributed by atoms with van der Waals surface area (Å²) < 4.78 is 0. The number of carbonyl (C=O) groups is 1. The molecule has 0 atom stereocenters. The van der Waals surface area contributed by atoms with E-state index in [0.29, 0.717) is 12.3 Å². The van der Waals surface area contributed by atoms with E-state index in [0.717, 1.165) is 64.0 Å². The summed E-state index contributed by atoms with van der Waals surface area (Å²) in [4.78, 5) is 23.2. The lowest BCUT2D eigenvalue weighted by atomic mass is 10.2. The zero-order valence-electron chi connectivity index (χ0n) is 12.3. The summed E-state index contributed by atoms with van der Waals surface area (Å²) in [5.41, 5.74) is 0. The predicted molar refractivity (Wildman–Crippen MR) is 84.8 cm³/mol. The molecule has 2 saturated heterocycles. The Morgan fingerprint density at radius 3 is 2.62 bits per heavy atom. The van der Waals surface area contributed by atoms with E-state index >= 15 is 0 Å². The zero-order valence-corrected chi connectivity index (χ0v) is 13.1. The first-order chi connectivity index (χ1) is 10.3. The van der Waals surface area contributed by atoms with Crippen LogP contribution in [0.5, 0.6) is 0 Å². The second-order valence-corrected chi connectivity index (χ2v) is 6.40. The molecule has 2 aliphatic heterocycles. The van der Waals surface area contributed by atoms with Crippen molar-refractivity contribution in [2.45, 2.75) is 6.42 Å². The molecule has 0 bridgehead atoms. The van der Waals surface area contributed by atoms with Gasteiger partial charge in [-0.1, -0.05) is 0 Å². The average Bonchev–Trinajstić information content (AvgIpc) is 3.08. The maximum atomic E-state index is 12.1. The normalized spacial score (nSPS) is 20.8. The third-order valence-corrected chi connectivity index (χ3v) is 5.01. The Labute approximate surface area is 129 Å². The zero-order chi connectivity index (χ0) is 14.5. The number of aromatic nitrogens is 1. The van der Waals surface area contributed by atoms with Crippen molar-refractivity contribution in [3.8, 4) is 0 Å². The van der Waals surface area contributed by atoms with E-state index in [-0.39, 0.29) is 0 Å². The number of piperazine rings is 2. The minimum absolute atomic E-state index is 0.304. The summed E-state index contributed by atoms with van der Waals surface area (Å²) in [6.07, 6.45) is 2.51. The molecule has 0 saturated carbocycles. The lowest BCUT2D eigenvalue weighted by Gasteiger charge is -2.35. The maximum Gasteiger partial charge on any atom is 0.223 e. The van der Waals surface area contributed by atoms with Crippen LogP contribution in [0.4, 0.5) is 5.13 Å². The lowest BCUT2D eigenvalue weighted by Crippen LogP contribution is -2.49. The number of nitrogens with zero attached hydrogens (tertiary/aromatic N) is 4. The van der Waals surface area contributed by atoms with Gasteiger partial charge in [0.25, 0.3) is 0 Å². The number of rotatable bonds is 4. The van der Waals surface area contributed by atoms with Gasteiger partial charge in [0.1, 0.15) is 0 Å². The van der Waals surface area contributed by atoms with Crippen molar-refractivity contribution in [3.63, 3.8) is 0 Å². The van der Waals surface area contributed by atoms with Crippen molar-refractivity contribution in [2.75, 3.05) is 63.8 Å². The van der Waals surface area contributed by atoms with E-state index in [1.54, 1.807) is 11.3 Å². The SMILES string of the molecule is O=C(CCN1CCN(c2nccs2)CC1)N1CCNCC1. The van der Waals surface area contributed by atoms with E-state index in [1.165, 1.54) is 0 Å². The number of hydrogen-bond donors (Lipinski definition) is 1. The topological polar surface area (TPSA) is 51.7 Å². The molecular weight excluding hydrogens is 286 g/mol. The Morgan fingerprint density at radius 1 is 1.19 bits per heavy atom. The highest BCUT2D eigenvalue weighted by Crippen LogP contribution is 2.18. The molecule has 1 amide bonds. The smallest absolute Gasteiger partial charge is 0.223 e. The van der Waals surface area contributed by atoms with E-state index in [4.69, 9.17) is 0 Å². The molecule has 0 aromatic carbocycles.